The standard InChI is InChI=1S/C19H38OSi/c1-9-15(2)16(3)18(17-13-11-10-12-14-17)20-21(7,8)19(4,5)6/h9,16-18H,10-14H2,1-8H3/b15-9+/t16-,18-/m0/s1. The first-order valence-electron chi connectivity index (χ1n) is 8.91. The summed E-state index contributed by atoms with van der Waals surface area (Å²) in [6, 6.07) is 0. The molecule has 1 nitrogen and oxygen atoms in total. The molecule has 0 amide bonds. The molecule has 1 fully saturated rings. The topological polar surface area (TPSA) is 9.23 Å². The predicted octanol–water partition coefficient (Wildman–Crippen LogP) is 6.56. The summed E-state index contributed by atoms with van der Waals surface area (Å²) >= 11 is 0. The van der Waals surface area contributed by atoms with Crippen LogP contribution >= 0.6 is 0 Å². The molecule has 0 aromatic carbocycles. The van der Waals surface area contributed by atoms with Crippen molar-refractivity contribution in [2.24, 2.45) is 11.8 Å². The fourth-order valence-corrected chi connectivity index (χ4v) is 4.54. The third-order valence-electron chi connectivity index (χ3n) is 6.02. The Balaban J connectivity index is 2.96. The van der Waals surface area contributed by atoms with Gasteiger partial charge in [-0.05, 0) is 50.7 Å². The van der Waals surface area contributed by atoms with Crippen molar-refractivity contribution in [2.45, 2.75) is 97.9 Å². The van der Waals surface area contributed by atoms with E-state index in [1.165, 1.54) is 37.7 Å². The van der Waals surface area contributed by atoms with Gasteiger partial charge in [0.25, 0.3) is 0 Å². The van der Waals surface area contributed by atoms with E-state index in [9.17, 15) is 0 Å². The molecule has 0 aromatic heterocycles. The van der Waals surface area contributed by atoms with Crippen LogP contribution in [0.15, 0.2) is 11.6 Å². The maximum absolute atomic E-state index is 6.92. The zero-order chi connectivity index (χ0) is 16.3. The monoisotopic (exact) mass is 310 g/mol. The summed E-state index contributed by atoms with van der Waals surface area (Å²) in [5, 5.41) is 0.295. The normalized spacial score (nSPS) is 22.2. The van der Waals surface area contributed by atoms with E-state index in [0.29, 0.717) is 17.1 Å². The Morgan fingerprint density at radius 3 is 2.10 bits per heavy atom. The molecule has 1 rings (SSSR count). The summed E-state index contributed by atoms with van der Waals surface area (Å²) in [4.78, 5) is 0. The molecule has 0 aliphatic heterocycles. The van der Waals surface area contributed by atoms with Crippen LogP contribution in [0.25, 0.3) is 0 Å². The first-order chi connectivity index (χ1) is 9.60. The fraction of sp³-hybridized carbons (Fsp3) is 0.895. The molecule has 1 saturated carbocycles. The molecule has 0 bridgehead atoms. The summed E-state index contributed by atoms with van der Waals surface area (Å²) in [6.07, 6.45) is 9.62. The highest BCUT2D eigenvalue weighted by atomic mass is 28.4. The SMILES string of the molecule is C/C=C(\C)[C@H](C)[C@H](O[Si](C)(C)C(C)(C)C)C1CCCCC1. The summed E-state index contributed by atoms with van der Waals surface area (Å²) in [7, 11) is -1.70. The molecule has 0 unspecified atom stereocenters. The maximum atomic E-state index is 6.92. The minimum atomic E-state index is -1.70. The van der Waals surface area contributed by atoms with E-state index < -0.39 is 8.32 Å². The van der Waals surface area contributed by atoms with Gasteiger partial charge in [-0.15, -0.1) is 0 Å². The summed E-state index contributed by atoms with van der Waals surface area (Å²) in [6.45, 7) is 18.7. The highest BCUT2D eigenvalue weighted by molar-refractivity contribution is 6.74. The molecular formula is C19H38OSi. The van der Waals surface area contributed by atoms with Gasteiger partial charge in [0.2, 0.25) is 0 Å². The molecular weight excluding hydrogens is 272 g/mol. The molecule has 0 spiro atoms. The lowest BCUT2D eigenvalue weighted by Crippen LogP contribution is -2.48. The van der Waals surface area contributed by atoms with Gasteiger partial charge in [-0.25, -0.2) is 0 Å². The molecule has 2 heteroatoms. The molecule has 124 valence electrons. The van der Waals surface area contributed by atoms with Crippen molar-refractivity contribution in [1.82, 2.24) is 0 Å². The fourth-order valence-electron chi connectivity index (χ4n) is 3.11. The number of hydrogen-bond donors (Lipinski definition) is 0. The van der Waals surface area contributed by atoms with Crippen molar-refractivity contribution >= 4 is 8.32 Å². The number of allylic oxidation sites excluding steroid dienone is 1. The lowest BCUT2D eigenvalue weighted by Gasteiger charge is -2.44. The summed E-state index contributed by atoms with van der Waals surface area (Å²) in [5.74, 6) is 1.31. The minimum absolute atomic E-state index is 0.295. The van der Waals surface area contributed by atoms with Crippen LogP contribution in [0, 0.1) is 11.8 Å². The van der Waals surface area contributed by atoms with Gasteiger partial charge in [-0.2, -0.15) is 0 Å². The third-order valence-corrected chi connectivity index (χ3v) is 10.5. The Morgan fingerprint density at radius 1 is 1.14 bits per heavy atom. The van der Waals surface area contributed by atoms with E-state index in [-0.39, 0.29) is 0 Å². The highest BCUT2D eigenvalue weighted by Gasteiger charge is 2.42. The van der Waals surface area contributed by atoms with Gasteiger partial charge < -0.3 is 4.43 Å². The number of hydrogen-bond acceptors (Lipinski definition) is 1. The second-order valence-corrected chi connectivity index (χ2v) is 13.3. The maximum Gasteiger partial charge on any atom is 0.192 e. The van der Waals surface area contributed by atoms with Crippen LogP contribution in [-0.2, 0) is 4.43 Å². The van der Waals surface area contributed by atoms with Gasteiger partial charge in [0.15, 0.2) is 8.32 Å². The van der Waals surface area contributed by atoms with Gasteiger partial charge in [0, 0.05) is 5.92 Å². The van der Waals surface area contributed by atoms with Crippen molar-refractivity contribution in [3.05, 3.63) is 11.6 Å². The molecule has 21 heavy (non-hydrogen) atoms. The first-order valence-corrected chi connectivity index (χ1v) is 11.8. The van der Waals surface area contributed by atoms with Crippen molar-refractivity contribution in [3.63, 3.8) is 0 Å². The van der Waals surface area contributed by atoms with Crippen LogP contribution in [0.3, 0.4) is 0 Å². The lowest BCUT2D eigenvalue weighted by molar-refractivity contribution is 0.0615. The zero-order valence-electron chi connectivity index (χ0n) is 15.8. The van der Waals surface area contributed by atoms with Crippen molar-refractivity contribution < 1.29 is 4.43 Å². The van der Waals surface area contributed by atoms with Gasteiger partial charge in [0.1, 0.15) is 0 Å². The van der Waals surface area contributed by atoms with E-state index >= 15 is 0 Å². The van der Waals surface area contributed by atoms with Crippen molar-refractivity contribution in [1.29, 1.82) is 0 Å². The Hall–Kier alpha value is -0.0831. The average Bonchev–Trinajstić information content (AvgIpc) is 2.43. The van der Waals surface area contributed by atoms with Crippen LogP contribution in [-0.4, -0.2) is 14.4 Å². The first kappa shape index (κ1) is 19.0. The van der Waals surface area contributed by atoms with E-state index in [0.717, 1.165) is 5.92 Å². The molecule has 0 saturated heterocycles. The van der Waals surface area contributed by atoms with Crippen LogP contribution < -0.4 is 0 Å². The van der Waals surface area contributed by atoms with E-state index in [1.807, 2.05) is 0 Å². The summed E-state index contributed by atoms with van der Waals surface area (Å²) in [5.41, 5.74) is 1.49. The largest absolute Gasteiger partial charge is 0.413 e. The van der Waals surface area contributed by atoms with E-state index in [1.54, 1.807) is 0 Å². The Morgan fingerprint density at radius 2 is 1.67 bits per heavy atom. The van der Waals surface area contributed by atoms with Crippen LogP contribution in [0.2, 0.25) is 18.1 Å². The molecule has 0 aromatic rings. The third kappa shape index (κ3) is 4.96. The second kappa shape index (κ2) is 7.46. The Labute approximate surface area is 134 Å². The van der Waals surface area contributed by atoms with Crippen molar-refractivity contribution in [3.8, 4) is 0 Å². The zero-order valence-corrected chi connectivity index (χ0v) is 16.8. The van der Waals surface area contributed by atoms with Crippen LogP contribution in [0.5, 0.6) is 0 Å². The second-order valence-electron chi connectivity index (χ2n) is 8.56. The van der Waals surface area contributed by atoms with E-state index in [2.05, 4.69) is 60.7 Å². The predicted molar refractivity (Wildman–Crippen MR) is 97.2 cm³/mol. The summed E-state index contributed by atoms with van der Waals surface area (Å²) < 4.78 is 6.92. The minimum Gasteiger partial charge on any atom is -0.413 e. The average molecular weight is 311 g/mol. The molecule has 0 radical (unpaired) electrons. The molecule has 1 aliphatic carbocycles. The molecule has 1 aliphatic rings. The highest BCUT2D eigenvalue weighted by Crippen LogP contribution is 2.42. The lowest BCUT2D eigenvalue weighted by atomic mass is 9.79. The number of rotatable bonds is 5. The van der Waals surface area contributed by atoms with E-state index in [4.69, 9.17) is 4.43 Å². The van der Waals surface area contributed by atoms with Gasteiger partial charge >= 0.3 is 0 Å². The Kier molecular flexibility index (Phi) is 6.73. The Bertz CT molecular complexity index is 345. The molecule has 0 N–H and O–H groups in total. The molecule has 2 atom stereocenters. The van der Waals surface area contributed by atoms with Gasteiger partial charge in [0.05, 0.1) is 6.10 Å². The smallest absolute Gasteiger partial charge is 0.192 e. The molecule has 0 heterocycles. The quantitative estimate of drug-likeness (QED) is 0.413. The van der Waals surface area contributed by atoms with Gasteiger partial charge in [-0.1, -0.05) is 58.6 Å². The van der Waals surface area contributed by atoms with Crippen LogP contribution in [0.1, 0.15) is 73.6 Å². The van der Waals surface area contributed by atoms with Crippen molar-refractivity contribution in [2.75, 3.05) is 0 Å². The van der Waals surface area contributed by atoms with Crippen LogP contribution in [0.4, 0.5) is 0 Å². The van der Waals surface area contributed by atoms with Gasteiger partial charge in [-0.3, -0.25) is 0 Å².